The van der Waals surface area contributed by atoms with Gasteiger partial charge in [-0.1, -0.05) is 23.2 Å². The van der Waals surface area contributed by atoms with Gasteiger partial charge in [0, 0.05) is 36.9 Å². The fourth-order valence-corrected chi connectivity index (χ4v) is 2.46. The third-order valence-corrected chi connectivity index (χ3v) is 3.68. The zero-order valence-electron chi connectivity index (χ0n) is 12.7. The van der Waals surface area contributed by atoms with Gasteiger partial charge in [-0.2, -0.15) is 5.10 Å². The van der Waals surface area contributed by atoms with E-state index in [1.165, 1.54) is 0 Å². The summed E-state index contributed by atoms with van der Waals surface area (Å²) < 4.78 is 7.38. The molecule has 1 aromatic carbocycles. The van der Waals surface area contributed by atoms with Gasteiger partial charge in [0.25, 0.3) is 0 Å². The highest BCUT2D eigenvalue weighted by atomic mass is 35.5. The minimum absolute atomic E-state index is 0.0243. The predicted molar refractivity (Wildman–Crippen MR) is 91.0 cm³/mol. The molecule has 124 valence electrons. The van der Waals surface area contributed by atoms with Crippen LogP contribution in [0.4, 0.5) is 0 Å². The number of benzene rings is 1. The Hall–Kier alpha value is -1.72. The topological polar surface area (TPSA) is 56.1 Å². The van der Waals surface area contributed by atoms with Gasteiger partial charge in [0.1, 0.15) is 5.75 Å². The lowest BCUT2D eigenvalue weighted by atomic mass is 10.3. The van der Waals surface area contributed by atoms with Crippen molar-refractivity contribution in [3.63, 3.8) is 0 Å². The molecule has 1 aromatic heterocycles. The summed E-state index contributed by atoms with van der Waals surface area (Å²) in [7, 11) is 0. The van der Waals surface area contributed by atoms with Crippen LogP contribution in [0.3, 0.4) is 0 Å². The Morgan fingerprint density at radius 1 is 1.30 bits per heavy atom. The molecule has 0 unspecified atom stereocenters. The van der Waals surface area contributed by atoms with Crippen molar-refractivity contribution in [2.45, 2.75) is 25.8 Å². The lowest BCUT2D eigenvalue weighted by molar-refractivity contribution is -0.121. The van der Waals surface area contributed by atoms with E-state index < -0.39 is 0 Å². The van der Waals surface area contributed by atoms with Gasteiger partial charge in [0.2, 0.25) is 5.91 Å². The maximum Gasteiger partial charge on any atom is 0.220 e. The molecule has 0 fully saturated rings. The number of carbonyl (C=O) groups excluding carboxylic acids is 1. The number of aromatic nitrogens is 2. The van der Waals surface area contributed by atoms with Crippen LogP contribution >= 0.6 is 23.2 Å². The summed E-state index contributed by atoms with van der Waals surface area (Å²) in [6.45, 7) is 1.87. The molecule has 1 heterocycles. The Morgan fingerprint density at radius 3 is 2.91 bits per heavy atom. The number of hydrogen-bond acceptors (Lipinski definition) is 3. The minimum atomic E-state index is 0.0243. The van der Waals surface area contributed by atoms with Crippen LogP contribution in [0, 0.1) is 0 Å². The van der Waals surface area contributed by atoms with Crippen LogP contribution in [0.15, 0.2) is 36.7 Å². The zero-order chi connectivity index (χ0) is 16.5. The number of carbonyl (C=O) groups is 1. The number of rotatable bonds is 9. The first-order valence-electron chi connectivity index (χ1n) is 7.47. The highest BCUT2D eigenvalue weighted by Crippen LogP contribution is 2.27. The van der Waals surface area contributed by atoms with E-state index in [1.54, 1.807) is 24.4 Å². The molecule has 1 N–H and O–H groups in total. The molecule has 0 aliphatic heterocycles. The summed E-state index contributed by atoms with van der Waals surface area (Å²) in [6.07, 6.45) is 5.55. The van der Waals surface area contributed by atoms with Crippen LogP contribution in [-0.4, -0.2) is 28.8 Å². The first-order chi connectivity index (χ1) is 11.1. The van der Waals surface area contributed by atoms with Gasteiger partial charge in [0.15, 0.2) is 0 Å². The molecule has 23 heavy (non-hydrogen) atoms. The van der Waals surface area contributed by atoms with Crippen LogP contribution in [0.5, 0.6) is 5.75 Å². The summed E-state index contributed by atoms with van der Waals surface area (Å²) >= 11 is 11.8. The van der Waals surface area contributed by atoms with Gasteiger partial charge in [-0.3, -0.25) is 9.48 Å². The summed E-state index contributed by atoms with van der Waals surface area (Å²) in [5.74, 6) is 0.604. The Bertz CT molecular complexity index is 618. The molecule has 0 atom stereocenters. The molecule has 0 radical (unpaired) electrons. The van der Waals surface area contributed by atoms with Crippen LogP contribution < -0.4 is 10.1 Å². The normalized spacial score (nSPS) is 10.5. The highest BCUT2D eigenvalue weighted by molar-refractivity contribution is 6.35. The third kappa shape index (κ3) is 6.50. The molecule has 0 aliphatic carbocycles. The average Bonchev–Trinajstić information content (AvgIpc) is 3.03. The quantitative estimate of drug-likeness (QED) is 0.699. The highest BCUT2D eigenvalue weighted by Gasteiger charge is 2.04. The molecule has 5 nitrogen and oxygen atoms in total. The van der Waals surface area contributed by atoms with Crippen molar-refractivity contribution < 1.29 is 9.53 Å². The zero-order valence-corrected chi connectivity index (χ0v) is 14.2. The van der Waals surface area contributed by atoms with E-state index in [4.69, 9.17) is 27.9 Å². The smallest absolute Gasteiger partial charge is 0.220 e. The lowest BCUT2D eigenvalue weighted by Gasteiger charge is -2.08. The number of nitrogens with zero attached hydrogens (tertiary/aromatic N) is 2. The van der Waals surface area contributed by atoms with E-state index in [1.807, 2.05) is 16.9 Å². The Balaban J connectivity index is 1.54. The van der Waals surface area contributed by atoms with Gasteiger partial charge in [-0.25, -0.2) is 0 Å². The van der Waals surface area contributed by atoms with Gasteiger partial charge in [0.05, 0.1) is 11.6 Å². The Kier molecular flexibility index (Phi) is 7.23. The van der Waals surface area contributed by atoms with Crippen LogP contribution in [0.1, 0.15) is 19.3 Å². The Morgan fingerprint density at radius 2 is 2.17 bits per heavy atom. The second-order valence-electron chi connectivity index (χ2n) is 5.00. The van der Waals surface area contributed by atoms with Gasteiger partial charge >= 0.3 is 0 Å². The first-order valence-corrected chi connectivity index (χ1v) is 8.23. The summed E-state index contributed by atoms with van der Waals surface area (Å²) in [6, 6.07) is 6.95. The van der Waals surface area contributed by atoms with Crippen molar-refractivity contribution in [1.82, 2.24) is 15.1 Å². The summed E-state index contributed by atoms with van der Waals surface area (Å²) in [5, 5.41) is 8.03. The SMILES string of the molecule is O=C(CCCOc1ccc(Cl)cc1Cl)NCCCn1cccn1. The second-order valence-corrected chi connectivity index (χ2v) is 5.84. The van der Waals surface area contributed by atoms with Gasteiger partial charge in [-0.15, -0.1) is 0 Å². The van der Waals surface area contributed by atoms with E-state index in [-0.39, 0.29) is 5.91 Å². The largest absolute Gasteiger partial charge is 0.492 e. The monoisotopic (exact) mass is 355 g/mol. The van der Waals surface area contributed by atoms with Crippen molar-refractivity contribution in [2.75, 3.05) is 13.2 Å². The van der Waals surface area contributed by atoms with Gasteiger partial charge in [-0.05, 0) is 37.1 Å². The molecule has 0 saturated heterocycles. The van der Waals surface area contributed by atoms with Crippen molar-refractivity contribution >= 4 is 29.1 Å². The first kappa shape index (κ1) is 17.6. The second kappa shape index (κ2) is 9.43. The van der Waals surface area contributed by atoms with Gasteiger partial charge < -0.3 is 10.1 Å². The maximum atomic E-state index is 11.7. The maximum absolute atomic E-state index is 11.7. The molecule has 0 saturated carbocycles. The van der Waals surface area contributed by atoms with E-state index in [9.17, 15) is 4.79 Å². The average molecular weight is 356 g/mol. The number of aryl methyl sites for hydroxylation is 1. The number of amides is 1. The molecule has 2 rings (SSSR count). The molecule has 2 aromatic rings. The van der Waals surface area contributed by atoms with E-state index >= 15 is 0 Å². The number of nitrogens with one attached hydrogen (secondary N) is 1. The molecular formula is C16H19Cl2N3O2. The van der Waals surface area contributed by atoms with Crippen molar-refractivity contribution in [2.24, 2.45) is 0 Å². The van der Waals surface area contributed by atoms with Crippen LogP contribution in [-0.2, 0) is 11.3 Å². The van der Waals surface area contributed by atoms with E-state index in [0.29, 0.717) is 41.8 Å². The van der Waals surface area contributed by atoms with E-state index in [0.717, 1.165) is 13.0 Å². The summed E-state index contributed by atoms with van der Waals surface area (Å²) in [4.78, 5) is 11.7. The van der Waals surface area contributed by atoms with E-state index in [2.05, 4.69) is 10.4 Å². The molecule has 7 heteroatoms. The van der Waals surface area contributed by atoms with Crippen molar-refractivity contribution in [1.29, 1.82) is 0 Å². The molecule has 1 amide bonds. The molecule has 0 aliphatic rings. The molecule has 0 spiro atoms. The summed E-state index contributed by atoms with van der Waals surface area (Å²) in [5.41, 5.74) is 0. The standard InChI is InChI=1S/C16H19Cl2N3O2/c17-13-5-6-15(14(18)12-13)23-11-1-4-16(22)19-7-2-9-21-10-3-8-20-21/h3,5-6,8,10,12H,1-2,4,7,9,11H2,(H,19,22). The number of ether oxygens (including phenoxy) is 1. The van der Waals surface area contributed by atoms with Crippen LogP contribution in [0.25, 0.3) is 0 Å². The van der Waals surface area contributed by atoms with Crippen molar-refractivity contribution in [3.05, 3.63) is 46.7 Å². The fraction of sp³-hybridized carbons (Fsp3) is 0.375. The van der Waals surface area contributed by atoms with Crippen LogP contribution in [0.2, 0.25) is 10.0 Å². The number of halogens is 2. The molecular weight excluding hydrogens is 337 g/mol. The predicted octanol–water partition coefficient (Wildman–Crippen LogP) is 3.56. The molecule has 0 bridgehead atoms. The van der Waals surface area contributed by atoms with Crippen molar-refractivity contribution in [3.8, 4) is 5.75 Å². The fourth-order valence-electron chi connectivity index (χ4n) is 2.00. The number of hydrogen-bond donors (Lipinski definition) is 1. The minimum Gasteiger partial charge on any atom is -0.492 e. The Labute approximate surface area is 145 Å². The third-order valence-electron chi connectivity index (χ3n) is 3.15. The lowest BCUT2D eigenvalue weighted by Crippen LogP contribution is -2.25.